The molecule has 1 aliphatic heterocycles. The molecule has 0 aromatic heterocycles. The SMILES string of the molecule is N#CC1CN=C(C23CC4CC(CC(C4)C2)C3)N1. The minimum Gasteiger partial charge on any atom is -0.356 e. The van der Waals surface area contributed by atoms with E-state index in [0.717, 1.165) is 17.8 Å². The molecule has 1 unspecified atom stereocenters. The predicted octanol–water partition coefficient (Wildman–Crippen LogP) is 2.10. The van der Waals surface area contributed by atoms with Gasteiger partial charge in [-0.2, -0.15) is 5.26 Å². The third kappa shape index (κ3) is 1.36. The van der Waals surface area contributed by atoms with Crippen molar-refractivity contribution in [1.29, 1.82) is 5.26 Å². The van der Waals surface area contributed by atoms with Crippen molar-refractivity contribution in [2.75, 3.05) is 6.54 Å². The molecule has 1 N–H and O–H groups in total. The monoisotopic (exact) mass is 229 g/mol. The second-order valence-electron chi connectivity index (χ2n) is 6.71. The molecule has 0 aromatic rings. The quantitative estimate of drug-likeness (QED) is 0.748. The maximum atomic E-state index is 8.98. The zero-order valence-corrected chi connectivity index (χ0v) is 10.2. The van der Waals surface area contributed by atoms with E-state index in [9.17, 15) is 0 Å². The first-order chi connectivity index (χ1) is 8.27. The van der Waals surface area contributed by atoms with E-state index in [1.807, 2.05) is 0 Å². The number of aliphatic imine (C=N–C) groups is 1. The molecular weight excluding hydrogens is 210 g/mol. The lowest BCUT2D eigenvalue weighted by Crippen LogP contribution is -2.53. The summed E-state index contributed by atoms with van der Waals surface area (Å²) in [5.74, 6) is 4.05. The van der Waals surface area contributed by atoms with Crippen LogP contribution in [0, 0.1) is 34.5 Å². The van der Waals surface area contributed by atoms with Crippen LogP contribution in [-0.4, -0.2) is 18.4 Å². The lowest BCUT2D eigenvalue weighted by molar-refractivity contribution is -0.0137. The summed E-state index contributed by atoms with van der Waals surface area (Å²) < 4.78 is 0. The Morgan fingerprint density at radius 3 is 2.18 bits per heavy atom. The Labute approximate surface area is 102 Å². The average Bonchev–Trinajstić information content (AvgIpc) is 2.76. The Bertz CT molecular complexity index is 382. The van der Waals surface area contributed by atoms with E-state index in [1.165, 1.54) is 44.4 Å². The smallest absolute Gasteiger partial charge is 0.135 e. The number of nitrogens with one attached hydrogen (secondary N) is 1. The summed E-state index contributed by atoms with van der Waals surface area (Å²) in [5.41, 5.74) is 0.348. The van der Waals surface area contributed by atoms with Crippen molar-refractivity contribution in [3.8, 4) is 6.07 Å². The van der Waals surface area contributed by atoms with Crippen LogP contribution in [0.5, 0.6) is 0 Å². The van der Waals surface area contributed by atoms with Crippen LogP contribution in [0.1, 0.15) is 38.5 Å². The minimum absolute atomic E-state index is 0.0574. The summed E-state index contributed by atoms with van der Waals surface area (Å²) in [7, 11) is 0. The van der Waals surface area contributed by atoms with E-state index in [1.54, 1.807) is 0 Å². The van der Waals surface area contributed by atoms with Gasteiger partial charge in [0.05, 0.1) is 12.6 Å². The molecule has 0 saturated heterocycles. The molecule has 0 aromatic carbocycles. The van der Waals surface area contributed by atoms with E-state index >= 15 is 0 Å². The van der Waals surface area contributed by atoms with Crippen LogP contribution in [0.4, 0.5) is 0 Å². The van der Waals surface area contributed by atoms with E-state index < -0.39 is 0 Å². The van der Waals surface area contributed by atoms with Crippen LogP contribution in [0.25, 0.3) is 0 Å². The molecule has 90 valence electrons. The van der Waals surface area contributed by atoms with Gasteiger partial charge < -0.3 is 5.32 Å². The van der Waals surface area contributed by atoms with Gasteiger partial charge in [0.25, 0.3) is 0 Å². The summed E-state index contributed by atoms with van der Waals surface area (Å²) in [6.07, 6.45) is 8.41. The molecule has 4 bridgehead atoms. The topological polar surface area (TPSA) is 48.2 Å². The molecule has 1 atom stereocenters. The molecule has 4 aliphatic carbocycles. The van der Waals surface area contributed by atoms with Gasteiger partial charge in [-0.1, -0.05) is 0 Å². The standard InChI is InChI=1S/C14H19N3/c15-7-12-8-16-13(17-12)14-4-9-1-10(5-14)3-11(2-9)6-14/h9-12H,1-6,8H2,(H,16,17). The highest BCUT2D eigenvalue weighted by Crippen LogP contribution is 2.60. The maximum Gasteiger partial charge on any atom is 0.135 e. The van der Waals surface area contributed by atoms with Gasteiger partial charge in [0.1, 0.15) is 11.9 Å². The van der Waals surface area contributed by atoms with Gasteiger partial charge in [-0.05, 0) is 56.3 Å². The molecule has 0 radical (unpaired) electrons. The highest BCUT2D eigenvalue weighted by molar-refractivity contribution is 5.90. The molecule has 3 heteroatoms. The second-order valence-corrected chi connectivity index (χ2v) is 6.71. The van der Waals surface area contributed by atoms with Gasteiger partial charge in [-0.3, -0.25) is 4.99 Å². The Kier molecular flexibility index (Phi) is 1.90. The number of nitrogens with zero attached hydrogens (tertiary/aromatic N) is 2. The fourth-order valence-electron chi connectivity index (χ4n) is 5.23. The van der Waals surface area contributed by atoms with Crippen molar-refractivity contribution in [1.82, 2.24) is 5.32 Å². The molecule has 4 fully saturated rings. The van der Waals surface area contributed by atoms with Crippen molar-refractivity contribution in [3.05, 3.63) is 0 Å². The van der Waals surface area contributed by atoms with Crippen LogP contribution in [0.3, 0.4) is 0 Å². The zero-order valence-electron chi connectivity index (χ0n) is 10.2. The molecule has 0 spiro atoms. The number of nitriles is 1. The van der Waals surface area contributed by atoms with E-state index in [2.05, 4.69) is 16.4 Å². The van der Waals surface area contributed by atoms with Gasteiger partial charge in [0.15, 0.2) is 0 Å². The Morgan fingerprint density at radius 1 is 1.12 bits per heavy atom. The molecule has 3 nitrogen and oxygen atoms in total. The first-order valence-corrected chi connectivity index (χ1v) is 6.98. The average molecular weight is 229 g/mol. The fourth-order valence-corrected chi connectivity index (χ4v) is 5.23. The third-order valence-corrected chi connectivity index (χ3v) is 5.44. The number of rotatable bonds is 1. The summed E-state index contributed by atoms with van der Waals surface area (Å²) in [6, 6.07) is 2.24. The highest BCUT2D eigenvalue weighted by Gasteiger charge is 2.54. The number of hydrogen-bond donors (Lipinski definition) is 1. The summed E-state index contributed by atoms with van der Waals surface area (Å²) in [5, 5.41) is 12.4. The Balaban J connectivity index is 1.63. The van der Waals surface area contributed by atoms with Crippen molar-refractivity contribution in [2.24, 2.45) is 28.2 Å². The second kappa shape index (κ2) is 3.25. The summed E-state index contributed by atoms with van der Waals surface area (Å²) >= 11 is 0. The Morgan fingerprint density at radius 2 is 1.71 bits per heavy atom. The Hall–Kier alpha value is -1.04. The normalized spacial score (nSPS) is 50.9. The maximum absolute atomic E-state index is 8.98. The summed E-state index contributed by atoms with van der Waals surface area (Å²) in [4.78, 5) is 4.66. The van der Waals surface area contributed by atoms with E-state index in [0.29, 0.717) is 12.0 Å². The molecule has 17 heavy (non-hydrogen) atoms. The summed E-state index contributed by atoms with van der Waals surface area (Å²) in [6.45, 7) is 0.674. The van der Waals surface area contributed by atoms with Crippen molar-refractivity contribution in [3.63, 3.8) is 0 Å². The largest absolute Gasteiger partial charge is 0.356 e. The van der Waals surface area contributed by atoms with Gasteiger partial charge >= 0.3 is 0 Å². The van der Waals surface area contributed by atoms with Crippen molar-refractivity contribution < 1.29 is 0 Å². The van der Waals surface area contributed by atoms with Crippen LogP contribution in [-0.2, 0) is 0 Å². The van der Waals surface area contributed by atoms with Gasteiger partial charge in [0.2, 0.25) is 0 Å². The predicted molar refractivity (Wildman–Crippen MR) is 65.4 cm³/mol. The molecule has 5 aliphatic rings. The van der Waals surface area contributed by atoms with Crippen molar-refractivity contribution in [2.45, 2.75) is 44.6 Å². The van der Waals surface area contributed by atoms with E-state index in [-0.39, 0.29) is 6.04 Å². The minimum atomic E-state index is -0.0574. The van der Waals surface area contributed by atoms with Crippen LogP contribution in [0.2, 0.25) is 0 Å². The van der Waals surface area contributed by atoms with Gasteiger partial charge in [-0.15, -0.1) is 0 Å². The molecule has 1 heterocycles. The molecule has 0 amide bonds. The van der Waals surface area contributed by atoms with Crippen molar-refractivity contribution >= 4 is 5.84 Å². The molecular formula is C14H19N3. The lowest BCUT2D eigenvalue weighted by atomic mass is 9.49. The van der Waals surface area contributed by atoms with Crippen LogP contribution in [0.15, 0.2) is 4.99 Å². The highest BCUT2D eigenvalue weighted by atomic mass is 15.1. The fraction of sp³-hybridized carbons (Fsp3) is 0.857. The third-order valence-electron chi connectivity index (χ3n) is 5.44. The lowest BCUT2D eigenvalue weighted by Gasteiger charge is -2.56. The first-order valence-electron chi connectivity index (χ1n) is 6.98. The first kappa shape index (κ1) is 9.94. The number of amidine groups is 1. The van der Waals surface area contributed by atoms with Gasteiger partial charge in [-0.25, -0.2) is 0 Å². The van der Waals surface area contributed by atoms with Crippen LogP contribution < -0.4 is 5.32 Å². The molecule has 5 rings (SSSR count). The van der Waals surface area contributed by atoms with E-state index in [4.69, 9.17) is 5.26 Å². The molecule has 4 saturated carbocycles. The van der Waals surface area contributed by atoms with Crippen LogP contribution >= 0.6 is 0 Å². The number of hydrogen-bond acceptors (Lipinski definition) is 3. The zero-order chi connectivity index (χ0) is 11.5. The van der Waals surface area contributed by atoms with Gasteiger partial charge in [0, 0.05) is 5.41 Å².